The van der Waals surface area contributed by atoms with E-state index >= 15 is 0 Å². The first-order valence-electron chi connectivity index (χ1n) is 10.3. The fourth-order valence-corrected chi connectivity index (χ4v) is 4.26. The summed E-state index contributed by atoms with van der Waals surface area (Å²) in [5, 5.41) is 15.1. The first-order valence-corrected chi connectivity index (χ1v) is 10.3. The summed E-state index contributed by atoms with van der Waals surface area (Å²) in [6.07, 6.45) is 4.98. The average Bonchev–Trinajstić information content (AvgIpc) is 3.19. The molecule has 0 spiro atoms. The first-order chi connectivity index (χ1) is 14.1. The number of carbonyl (C=O) groups is 2. The number of nitrogens with zero attached hydrogens (tertiary/aromatic N) is 6. The average molecular weight is 401 g/mol. The van der Waals surface area contributed by atoms with Crippen molar-refractivity contribution in [2.24, 2.45) is 0 Å². The summed E-state index contributed by atoms with van der Waals surface area (Å²) < 4.78 is 15.7. The summed E-state index contributed by atoms with van der Waals surface area (Å²) in [4.78, 5) is 28.7. The minimum absolute atomic E-state index is 0.0450. The van der Waals surface area contributed by atoms with E-state index in [1.165, 1.54) is 9.58 Å². The number of aromatic amines is 1. The summed E-state index contributed by atoms with van der Waals surface area (Å²) in [6, 6.07) is 1.43. The summed E-state index contributed by atoms with van der Waals surface area (Å²) in [5.41, 5.74) is 1.60. The second-order valence-corrected chi connectivity index (χ2v) is 8.25. The van der Waals surface area contributed by atoms with Gasteiger partial charge in [0.1, 0.15) is 11.9 Å². The molecule has 4 heterocycles. The zero-order valence-electron chi connectivity index (χ0n) is 16.1. The Balaban J connectivity index is 1.28. The molecule has 3 aliphatic rings. The molecule has 154 valence electrons. The van der Waals surface area contributed by atoms with Crippen LogP contribution >= 0.6 is 0 Å². The van der Waals surface area contributed by atoms with Gasteiger partial charge in [0.15, 0.2) is 5.69 Å². The summed E-state index contributed by atoms with van der Waals surface area (Å²) >= 11 is 0. The molecule has 29 heavy (non-hydrogen) atoms. The molecule has 0 aromatic carbocycles. The quantitative estimate of drug-likeness (QED) is 0.816. The molecule has 5 rings (SSSR count). The van der Waals surface area contributed by atoms with Crippen LogP contribution in [0.1, 0.15) is 64.7 Å². The molecule has 2 unspecified atom stereocenters. The summed E-state index contributed by atoms with van der Waals surface area (Å²) in [7, 11) is 0. The van der Waals surface area contributed by atoms with Crippen LogP contribution in [-0.2, 0) is 6.54 Å². The minimum Gasteiger partial charge on any atom is -0.337 e. The van der Waals surface area contributed by atoms with Crippen LogP contribution < -0.4 is 0 Å². The molecule has 2 aromatic rings. The summed E-state index contributed by atoms with van der Waals surface area (Å²) in [5.74, 6) is 0.0708. The second kappa shape index (κ2) is 7.23. The van der Waals surface area contributed by atoms with Gasteiger partial charge in [-0.05, 0) is 31.7 Å². The number of rotatable bonds is 5. The standard InChI is InChI=1S/C19H24FN7O2/c20-13-7-14(10-26-11-17(23-24-26)18(28)25-5-1-2-6-25)27(9-13)19(29)16-8-15(21-22-16)12-3-4-12/h8,11-14H,1-7,9-10H2,(H,21,22). The Bertz CT molecular complexity index is 915. The zero-order chi connectivity index (χ0) is 20.0. The van der Waals surface area contributed by atoms with Crippen LogP contribution in [0.5, 0.6) is 0 Å². The Hall–Kier alpha value is -2.78. The van der Waals surface area contributed by atoms with Gasteiger partial charge in [0.2, 0.25) is 0 Å². The van der Waals surface area contributed by atoms with Gasteiger partial charge in [-0.25, -0.2) is 9.07 Å². The molecule has 2 aromatic heterocycles. The van der Waals surface area contributed by atoms with E-state index in [9.17, 15) is 14.0 Å². The molecular formula is C19H24FN7O2. The van der Waals surface area contributed by atoms with Crippen LogP contribution in [0.25, 0.3) is 0 Å². The van der Waals surface area contributed by atoms with Crippen molar-refractivity contribution < 1.29 is 14.0 Å². The Morgan fingerprint density at radius 2 is 1.97 bits per heavy atom. The van der Waals surface area contributed by atoms with E-state index < -0.39 is 6.17 Å². The van der Waals surface area contributed by atoms with Crippen molar-refractivity contribution in [3.05, 3.63) is 29.3 Å². The number of carbonyl (C=O) groups excluding carboxylic acids is 2. The number of amides is 2. The van der Waals surface area contributed by atoms with Gasteiger partial charge in [-0.3, -0.25) is 14.7 Å². The monoisotopic (exact) mass is 401 g/mol. The molecular weight excluding hydrogens is 377 g/mol. The van der Waals surface area contributed by atoms with Gasteiger partial charge < -0.3 is 9.80 Å². The van der Waals surface area contributed by atoms with Crippen molar-refractivity contribution >= 4 is 11.8 Å². The molecule has 1 saturated carbocycles. The Morgan fingerprint density at radius 1 is 1.17 bits per heavy atom. The van der Waals surface area contributed by atoms with Crippen LogP contribution in [0.4, 0.5) is 4.39 Å². The van der Waals surface area contributed by atoms with Gasteiger partial charge in [-0.1, -0.05) is 5.21 Å². The molecule has 2 aliphatic heterocycles. The SMILES string of the molecule is O=C(c1cn(CC2CC(F)CN2C(=O)c2cc(C3CC3)[nH]n2)nn1)N1CCCC1. The second-order valence-electron chi connectivity index (χ2n) is 8.25. The smallest absolute Gasteiger partial charge is 0.276 e. The summed E-state index contributed by atoms with van der Waals surface area (Å²) in [6.45, 7) is 1.83. The zero-order valence-corrected chi connectivity index (χ0v) is 16.1. The van der Waals surface area contributed by atoms with Crippen LogP contribution in [0.2, 0.25) is 0 Å². The number of aromatic nitrogens is 5. The fraction of sp³-hybridized carbons (Fsp3) is 0.632. The van der Waals surface area contributed by atoms with E-state index in [4.69, 9.17) is 0 Å². The Morgan fingerprint density at radius 3 is 2.72 bits per heavy atom. The van der Waals surface area contributed by atoms with Crippen LogP contribution in [0.3, 0.4) is 0 Å². The van der Waals surface area contributed by atoms with Gasteiger partial charge in [-0.2, -0.15) is 5.10 Å². The molecule has 3 fully saturated rings. The van der Waals surface area contributed by atoms with Crippen molar-refractivity contribution in [3.63, 3.8) is 0 Å². The third-order valence-corrected chi connectivity index (χ3v) is 6.01. The third kappa shape index (κ3) is 3.63. The van der Waals surface area contributed by atoms with Crippen LogP contribution in [0.15, 0.2) is 12.3 Å². The Kier molecular flexibility index (Phi) is 4.56. The van der Waals surface area contributed by atoms with Crippen molar-refractivity contribution in [1.82, 2.24) is 35.0 Å². The first kappa shape index (κ1) is 18.3. The number of hydrogen-bond donors (Lipinski definition) is 1. The molecule has 10 heteroatoms. The van der Waals surface area contributed by atoms with Crippen LogP contribution in [0, 0.1) is 0 Å². The Labute approximate surface area is 167 Å². The molecule has 2 atom stereocenters. The topological polar surface area (TPSA) is 100 Å². The molecule has 1 N–H and O–H groups in total. The van der Waals surface area contributed by atoms with Crippen molar-refractivity contribution in [2.45, 2.75) is 56.8 Å². The van der Waals surface area contributed by atoms with Gasteiger partial charge in [-0.15, -0.1) is 5.10 Å². The highest BCUT2D eigenvalue weighted by molar-refractivity contribution is 5.93. The van der Waals surface area contributed by atoms with E-state index in [0.717, 1.165) is 44.5 Å². The maximum atomic E-state index is 14.2. The van der Waals surface area contributed by atoms with Gasteiger partial charge in [0, 0.05) is 31.1 Å². The number of halogens is 1. The lowest BCUT2D eigenvalue weighted by atomic mass is 10.2. The van der Waals surface area contributed by atoms with Crippen molar-refractivity contribution in [2.75, 3.05) is 19.6 Å². The number of nitrogens with one attached hydrogen (secondary N) is 1. The van der Waals surface area contributed by atoms with E-state index in [0.29, 0.717) is 23.9 Å². The van der Waals surface area contributed by atoms with Gasteiger partial charge in [0.05, 0.1) is 25.3 Å². The molecule has 0 bridgehead atoms. The van der Waals surface area contributed by atoms with E-state index in [2.05, 4.69) is 20.5 Å². The van der Waals surface area contributed by atoms with Crippen molar-refractivity contribution in [3.8, 4) is 0 Å². The number of H-pyrrole nitrogens is 1. The van der Waals surface area contributed by atoms with E-state index in [-0.39, 0.29) is 30.8 Å². The predicted octanol–water partition coefficient (Wildman–Crippen LogP) is 1.37. The fourth-order valence-electron chi connectivity index (χ4n) is 4.26. The largest absolute Gasteiger partial charge is 0.337 e. The predicted molar refractivity (Wildman–Crippen MR) is 100 cm³/mol. The molecule has 9 nitrogen and oxygen atoms in total. The lowest BCUT2D eigenvalue weighted by Gasteiger charge is -2.23. The molecule has 2 amide bonds. The molecule has 1 aliphatic carbocycles. The lowest BCUT2D eigenvalue weighted by Crippen LogP contribution is -2.38. The number of hydrogen-bond acceptors (Lipinski definition) is 5. The highest BCUT2D eigenvalue weighted by Gasteiger charge is 2.38. The van der Waals surface area contributed by atoms with Crippen LogP contribution in [-0.4, -0.2) is 78.7 Å². The van der Waals surface area contributed by atoms with Gasteiger partial charge in [0.25, 0.3) is 11.8 Å². The minimum atomic E-state index is -1.08. The van der Waals surface area contributed by atoms with Crippen molar-refractivity contribution in [1.29, 1.82) is 0 Å². The number of alkyl halides is 1. The van der Waals surface area contributed by atoms with Gasteiger partial charge >= 0.3 is 0 Å². The third-order valence-electron chi connectivity index (χ3n) is 6.01. The molecule has 0 radical (unpaired) electrons. The maximum Gasteiger partial charge on any atom is 0.276 e. The molecule has 2 saturated heterocycles. The normalized spacial score (nSPS) is 24.4. The van der Waals surface area contributed by atoms with E-state index in [1.807, 2.05) is 0 Å². The number of likely N-dealkylation sites (tertiary alicyclic amines) is 2. The lowest BCUT2D eigenvalue weighted by molar-refractivity contribution is 0.0707. The van der Waals surface area contributed by atoms with E-state index in [1.54, 1.807) is 17.2 Å². The highest BCUT2D eigenvalue weighted by Crippen LogP contribution is 2.39. The maximum absolute atomic E-state index is 14.2. The highest BCUT2D eigenvalue weighted by atomic mass is 19.1.